The van der Waals surface area contributed by atoms with Gasteiger partial charge in [0.15, 0.2) is 0 Å². The smallest absolute Gasteiger partial charge is 0.270 e. The summed E-state index contributed by atoms with van der Waals surface area (Å²) in [6.45, 7) is 4.07. The molecule has 0 spiro atoms. The first-order valence-electron chi connectivity index (χ1n) is 6.60. The van der Waals surface area contributed by atoms with Gasteiger partial charge in [0.05, 0.1) is 15.6 Å². The van der Waals surface area contributed by atoms with Gasteiger partial charge in [0.2, 0.25) is 0 Å². The number of non-ortho nitro benzene ring substituents is 1. The summed E-state index contributed by atoms with van der Waals surface area (Å²) in [7, 11) is 0. The molecule has 1 aromatic carbocycles. The Morgan fingerprint density at radius 1 is 1.40 bits per heavy atom. The maximum absolute atomic E-state index is 10.8. The highest BCUT2D eigenvalue weighted by Gasteiger charge is 2.09. The third-order valence-electron chi connectivity index (χ3n) is 2.85. The number of hydrogen-bond donors (Lipinski definition) is 1. The molecule has 0 radical (unpaired) electrons. The van der Waals surface area contributed by atoms with Crippen LogP contribution in [0.3, 0.4) is 0 Å². The number of thiazole rings is 1. The molecule has 0 aliphatic heterocycles. The largest absolute Gasteiger partial charge is 0.316 e. The van der Waals surface area contributed by atoms with Crippen LogP contribution in [0.5, 0.6) is 0 Å². The molecule has 0 saturated carbocycles. The highest BCUT2D eigenvalue weighted by molar-refractivity contribution is 7.09. The van der Waals surface area contributed by atoms with E-state index in [1.165, 1.54) is 6.07 Å². The third kappa shape index (κ3) is 3.85. The first-order chi connectivity index (χ1) is 9.70. The average Bonchev–Trinajstić information content (AvgIpc) is 2.92. The van der Waals surface area contributed by atoms with Crippen molar-refractivity contribution in [1.29, 1.82) is 0 Å². The summed E-state index contributed by atoms with van der Waals surface area (Å²) in [4.78, 5) is 14.9. The van der Waals surface area contributed by atoms with Gasteiger partial charge in [-0.3, -0.25) is 10.1 Å². The maximum atomic E-state index is 10.8. The normalized spacial score (nSPS) is 10.7. The van der Waals surface area contributed by atoms with E-state index in [1.54, 1.807) is 23.5 Å². The van der Waals surface area contributed by atoms with Gasteiger partial charge in [-0.05, 0) is 13.0 Å². The van der Waals surface area contributed by atoms with Gasteiger partial charge >= 0.3 is 0 Å². The topological polar surface area (TPSA) is 68.1 Å². The van der Waals surface area contributed by atoms with Crippen LogP contribution in [-0.4, -0.2) is 23.0 Å². The number of nitro groups is 1. The number of nitrogens with one attached hydrogen (secondary N) is 1. The Balaban J connectivity index is 2.04. The molecule has 1 N–H and O–H groups in total. The Kier molecular flexibility index (Phi) is 5.20. The molecule has 1 heterocycles. The van der Waals surface area contributed by atoms with E-state index in [1.807, 2.05) is 11.4 Å². The Bertz CT molecular complexity index is 583. The van der Waals surface area contributed by atoms with Crippen molar-refractivity contribution in [2.24, 2.45) is 0 Å². The molecular formula is C14H17N3O2S. The Hall–Kier alpha value is -1.79. The van der Waals surface area contributed by atoms with E-state index >= 15 is 0 Å². The van der Waals surface area contributed by atoms with Crippen molar-refractivity contribution >= 4 is 17.0 Å². The second kappa shape index (κ2) is 7.12. The molecule has 0 aliphatic carbocycles. The van der Waals surface area contributed by atoms with Crippen molar-refractivity contribution in [3.05, 3.63) is 44.8 Å². The van der Waals surface area contributed by atoms with Crippen molar-refractivity contribution in [2.75, 3.05) is 13.1 Å². The highest BCUT2D eigenvalue weighted by atomic mass is 32.1. The van der Waals surface area contributed by atoms with Gasteiger partial charge < -0.3 is 5.32 Å². The van der Waals surface area contributed by atoms with Crippen molar-refractivity contribution in [1.82, 2.24) is 10.3 Å². The van der Waals surface area contributed by atoms with Crippen LogP contribution in [0.25, 0.3) is 11.3 Å². The molecule has 0 atom stereocenters. The summed E-state index contributed by atoms with van der Waals surface area (Å²) in [6.07, 6.45) is 2.01. The van der Waals surface area contributed by atoms with E-state index in [2.05, 4.69) is 17.2 Å². The number of nitrogens with zero attached hydrogens (tertiary/aromatic N) is 2. The van der Waals surface area contributed by atoms with Crippen LogP contribution >= 0.6 is 11.3 Å². The fourth-order valence-corrected chi connectivity index (χ4v) is 2.64. The van der Waals surface area contributed by atoms with E-state index in [0.717, 1.165) is 42.2 Å². The van der Waals surface area contributed by atoms with Crippen LogP contribution in [0.15, 0.2) is 29.6 Å². The first kappa shape index (κ1) is 14.6. The van der Waals surface area contributed by atoms with E-state index in [0.29, 0.717) is 0 Å². The van der Waals surface area contributed by atoms with Gasteiger partial charge in [0.25, 0.3) is 5.69 Å². The van der Waals surface area contributed by atoms with E-state index in [9.17, 15) is 10.1 Å². The average molecular weight is 291 g/mol. The van der Waals surface area contributed by atoms with Crippen molar-refractivity contribution in [3.8, 4) is 11.3 Å². The predicted molar refractivity (Wildman–Crippen MR) is 81.1 cm³/mol. The number of aromatic nitrogens is 1. The lowest BCUT2D eigenvalue weighted by Crippen LogP contribution is -2.17. The number of nitro benzene ring substituents is 1. The number of benzene rings is 1. The fourth-order valence-electron chi connectivity index (χ4n) is 1.83. The molecule has 0 bridgehead atoms. The third-order valence-corrected chi connectivity index (χ3v) is 3.76. The number of rotatable bonds is 7. The summed E-state index contributed by atoms with van der Waals surface area (Å²) in [5, 5.41) is 17.1. The van der Waals surface area contributed by atoms with Crippen LogP contribution in [0.4, 0.5) is 5.69 Å². The molecular weight excluding hydrogens is 274 g/mol. The van der Waals surface area contributed by atoms with Crippen LogP contribution in [0, 0.1) is 10.1 Å². The fraction of sp³-hybridized carbons (Fsp3) is 0.357. The second-order valence-electron chi connectivity index (χ2n) is 4.43. The zero-order chi connectivity index (χ0) is 14.4. The monoisotopic (exact) mass is 291 g/mol. The molecule has 106 valence electrons. The van der Waals surface area contributed by atoms with Gasteiger partial charge in [-0.1, -0.05) is 19.1 Å². The summed E-state index contributed by atoms with van der Waals surface area (Å²) in [6, 6.07) is 6.59. The van der Waals surface area contributed by atoms with Gasteiger partial charge in [0, 0.05) is 36.0 Å². The predicted octanol–water partition coefficient (Wildman–Crippen LogP) is 3.26. The Labute approximate surface area is 121 Å². The minimum absolute atomic E-state index is 0.0988. The summed E-state index contributed by atoms with van der Waals surface area (Å²) >= 11 is 1.60. The molecule has 0 fully saturated rings. The molecule has 6 heteroatoms. The van der Waals surface area contributed by atoms with Crippen LogP contribution < -0.4 is 5.32 Å². The van der Waals surface area contributed by atoms with Crippen molar-refractivity contribution in [3.63, 3.8) is 0 Å². The molecule has 0 aliphatic rings. The zero-order valence-corrected chi connectivity index (χ0v) is 12.2. The molecule has 0 saturated heterocycles. The van der Waals surface area contributed by atoms with Gasteiger partial charge in [-0.15, -0.1) is 11.3 Å². The van der Waals surface area contributed by atoms with Crippen molar-refractivity contribution < 1.29 is 4.92 Å². The molecule has 2 aromatic rings. The van der Waals surface area contributed by atoms with Crippen LogP contribution in [-0.2, 0) is 6.42 Å². The van der Waals surface area contributed by atoms with Gasteiger partial charge in [-0.25, -0.2) is 4.98 Å². The summed E-state index contributed by atoms with van der Waals surface area (Å²) in [5.41, 5.74) is 1.70. The molecule has 2 rings (SSSR count). The molecule has 0 amide bonds. The van der Waals surface area contributed by atoms with E-state index in [-0.39, 0.29) is 10.6 Å². The van der Waals surface area contributed by atoms with E-state index in [4.69, 9.17) is 0 Å². The molecule has 0 unspecified atom stereocenters. The summed E-state index contributed by atoms with van der Waals surface area (Å²) < 4.78 is 0. The zero-order valence-electron chi connectivity index (χ0n) is 11.3. The second-order valence-corrected chi connectivity index (χ2v) is 5.38. The lowest BCUT2D eigenvalue weighted by Gasteiger charge is -1.99. The SMILES string of the molecule is CCCNCCc1nc(-c2cccc([N+](=O)[O-])c2)cs1. The minimum atomic E-state index is -0.383. The number of hydrogen-bond acceptors (Lipinski definition) is 5. The van der Waals surface area contributed by atoms with Crippen LogP contribution in [0.2, 0.25) is 0 Å². The maximum Gasteiger partial charge on any atom is 0.270 e. The lowest BCUT2D eigenvalue weighted by molar-refractivity contribution is -0.384. The van der Waals surface area contributed by atoms with Gasteiger partial charge in [-0.2, -0.15) is 0 Å². The van der Waals surface area contributed by atoms with Crippen molar-refractivity contribution in [2.45, 2.75) is 19.8 Å². The van der Waals surface area contributed by atoms with E-state index < -0.39 is 0 Å². The molecule has 5 nitrogen and oxygen atoms in total. The summed E-state index contributed by atoms with van der Waals surface area (Å²) in [5.74, 6) is 0. The lowest BCUT2D eigenvalue weighted by atomic mass is 10.1. The Morgan fingerprint density at radius 2 is 2.25 bits per heavy atom. The standard InChI is InChI=1S/C14H17N3O2S/c1-2-7-15-8-6-14-16-13(10-20-14)11-4-3-5-12(9-11)17(18)19/h3-5,9-10,15H,2,6-8H2,1H3. The molecule has 1 aromatic heterocycles. The Morgan fingerprint density at radius 3 is 3.00 bits per heavy atom. The van der Waals surface area contributed by atoms with Crippen LogP contribution in [0.1, 0.15) is 18.4 Å². The highest BCUT2D eigenvalue weighted by Crippen LogP contribution is 2.25. The minimum Gasteiger partial charge on any atom is -0.316 e. The first-order valence-corrected chi connectivity index (χ1v) is 7.48. The molecule has 20 heavy (non-hydrogen) atoms. The quantitative estimate of drug-likeness (QED) is 0.483. The van der Waals surface area contributed by atoms with Gasteiger partial charge in [0.1, 0.15) is 0 Å².